The Hall–Kier alpha value is -3.80. The van der Waals surface area contributed by atoms with E-state index < -0.39 is 22.7 Å². The van der Waals surface area contributed by atoms with E-state index >= 15 is 0 Å². The molecule has 0 N–H and O–H groups in total. The van der Waals surface area contributed by atoms with Gasteiger partial charge in [-0.2, -0.15) is 9.78 Å². The molecule has 0 unspecified atom stereocenters. The number of esters is 1. The van der Waals surface area contributed by atoms with Crippen molar-refractivity contribution in [3.05, 3.63) is 66.7 Å². The average Bonchev–Trinajstić information content (AvgIpc) is 2.84. The second-order valence-corrected chi connectivity index (χ2v) is 8.56. The zero-order valence-corrected chi connectivity index (χ0v) is 21.8. The average molecular weight is 561 g/mol. The maximum absolute atomic E-state index is 13.2. The Kier molecular flexibility index (Phi) is 8.75. The molecule has 0 aliphatic heterocycles. The predicted molar refractivity (Wildman–Crippen MR) is 137 cm³/mol. The summed E-state index contributed by atoms with van der Waals surface area (Å²) >= 11 is 3.36. The summed E-state index contributed by atoms with van der Waals surface area (Å²) in [6, 6.07) is 7.89. The number of benzene rings is 2. The van der Waals surface area contributed by atoms with Crippen molar-refractivity contribution < 1.29 is 23.9 Å². The van der Waals surface area contributed by atoms with Gasteiger partial charge in [0.2, 0.25) is 5.75 Å². The molecule has 190 valence electrons. The summed E-state index contributed by atoms with van der Waals surface area (Å²) in [6.45, 7) is 5.16. The molecule has 0 aliphatic carbocycles. The highest BCUT2D eigenvalue weighted by atomic mass is 79.9. The molecule has 1 heterocycles. The van der Waals surface area contributed by atoms with Gasteiger partial charge in [0.05, 0.1) is 35.8 Å². The summed E-state index contributed by atoms with van der Waals surface area (Å²) in [7, 11) is 1.32. The number of methoxy groups -OCH3 is 1. The lowest BCUT2D eigenvalue weighted by molar-refractivity contribution is -0.386. The minimum Gasteiger partial charge on any atom is -0.493 e. The van der Waals surface area contributed by atoms with Crippen LogP contribution in [0.3, 0.4) is 0 Å². The number of hydrogen-bond donors (Lipinski definition) is 0. The van der Waals surface area contributed by atoms with Crippen molar-refractivity contribution >= 4 is 44.7 Å². The lowest BCUT2D eigenvalue weighted by atomic mass is 10.1. The molecule has 0 aliphatic rings. The molecule has 1 aromatic heterocycles. The normalized spacial score (nSPS) is 12.0. The Bertz CT molecular complexity index is 1390. The quantitative estimate of drug-likeness (QED) is 0.155. The van der Waals surface area contributed by atoms with Gasteiger partial charge in [-0.1, -0.05) is 22.9 Å². The largest absolute Gasteiger partial charge is 0.493 e. The number of hydrogen-bond acceptors (Lipinski definition) is 9. The number of ether oxygens (including phenoxy) is 3. The molecule has 11 nitrogen and oxygen atoms in total. The van der Waals surface area contributed by atoms with Gasteiger partial charge in [-0.25, -0.2) is 9.78 Å². The molecule has 12 heteroatoms. The zero-order chi connectivity index (χ0) is 26.4. The lowest BCUT2D eigenvalue weighted by Crippen LogP contribution is -2.26. The molecule has 0 fully saturated rings. The number of carbonyl (C=O) groups is 1. The number of nitro groups is 1. The summed E-state index contributed by atoms with van der Waals surface area (Å²) in [5.41, 5.74) is 0.0188. The summed E-state index contributed by atoms with van der Waals surface area (Å²) < 4.78 is 17.6. The van der Waals surface area contributed by atoms with Crippen molar-refractivity contribution in [2.24, 2.45) is 5.10 Å². The third kappa shape index (κ3) is 5.88. The number of nitrogens with zero attached hydrogens (tertiary/aromatic N) is 4. The van der Waals surface area contributed by atoms with E-state index in [1.807, 2.05) is 6.92 Å². The van der Waals surface area contributed by atoms with Crippen LogP contribution >= 0.6 is 15.9 Å². The van der Waals surface area contributed by atoms with E-state index in [0.29, 0.717) is 23.1 Å². The Morgan fingerprint density at radius 3 is 2.69 bits per heavy atom. The van der Waals surface area contributed by atoms with Crippen LogP contribution in [0.1, 0.15) is 38.6 Å². The molecule has 2 aromatic carbocycles. The van der Waals surface area contributed by atoms with Gasteiger partial charge in [-0.3, -0.25) is 14.9 Å². The van der Waals surface area contributed by atoms with E-state index in [0.717, 1.165) is 10.9 Å². The molecule has 36 heavy (non-hydrogen) atoms. The number of nitro benzene ring substituents is 1. The summed E-state index contributed by atoms with van der Waals surface area (Å²) in [5.74, 6) is -0.416. The summed E-state index contributed by atoms with van der Waals surface area (Å²) in [4.78, 5) is 40.9. The molecule has 3 rings (SSSR count). The predicted octanol–water partition coefficient (Wildman–Crippen LogP) is 4.24. The van der Waals surface area contributed by atoms with Crippen molar-refractivity contribution in [2.45, 2.75) is 39.7 Å². The lowest BCUT2D eigenvalue weighted by Gasteiger charge is -2.16. The summed E-state index contributed by atoms with van der Waals surface area (Å²) in [6.07, 6.45) is 1.43. The van der Waals surface area contributed by atoms with E-state index in [2.05, 4.69) is 26.0 Å². The van der Waals surface area contributed by atoms with Gasteiger partial charge in [0, 0.05) is 22.5 Å². The number of rotatable bonds is 10. The molecular formula is C24H25BrN4O7. The number of carbonyl (C=O) groups excluding carboxylic acids is 1. The Labute approximate surface area is 215 Å². The van der Waals surface area contributed by atoms with Crippen LogP contribution in [0.5, 0.6) is 11.5 Å². The minimum atomic E-state index is -1.10. The zero-order valence-electron chi connectivity index (χ0n) is 20.2. The third-order valence-corrected chi connectivity index (χ3v) is 5.55. The van der Waals surface area contributed by atoms with E-state index in [4.69, 9.17) is 14.2 Å². The molecular weight excluding hydrogens is 536 g/mol. The van der Waals surface area contributed by atoms with Crippen molar-refractivity contribution in [1.82, 2.24) is 9.66 Å². The molecule has 0 saturated heterocycles. The number of aryl methyl sites for hydroxylation is 1. The fraction of sp³-hybridized carbons (Fsp3) is 0.333. The van der Waals surface area contributed by atoms with Crippen LogP contribution in [0.2, 0.25) is 0 Å². The van der Waals surface area contributed by atoms with Crippen LogP contribution in [-0.4, -0.2) is 46.6 Å². The fourth-order valence-corrected chi connectivity index (χ4v) is 3.76. The van der Waals surface area contributed by atoms with Crippen LogP contribution < -0.4 is 15.0 Å². The second-order valence-electron chi connectivity index (χ2n) is 7.64. The Morgan fingerprint density at radius 2 is 2.06 bits per heavy atom. The third-order valence-electron chi connectivity index (χ3n) is 5.06. The van der Waals surface area contributed by atoms with E-state index in [9.17, 15) is 19.7 Å². The number of halogens is 1. The van der Waals surface area contributed by atoms with Gasteiger partial charge < -0.3 is 14.2 Å². The second kappa shape index (κ2) is 11.8. The molecule has 0 spiro atoms. The van der Waals surface area contributed by atoms with E-state index in [-0.39, 0.29) is 29.2 Å². The highest BCUT2D eigenvalue weighted by Gasteiger charge is 2.27. The van der Waals surface area contributed by atoms with Crippen molar-refractivity contribution in [3.8, 4) is 11.5 Å². The molecule has 0 radical (unpaired) electrons. The smallest absolute Gasteiger partial charge is 0.347 e. The van der Waals surface area contributed by atoms with Crippen LogP contribution in [0.4, 0.5) is 5.69 Å². The van der Waals surface area contributed by atoms with E-state index in [1.54, 1.807) is 25.1 Å². The first-order valence-electron chi connectivity index (χ1n) is 11.1. The van der Waals surface area contributed by atoms with Crippen LogP contribution in [-0.2, 0) is 16.0 Å². The first kappa shape index (κ1) is 26.8. The van der Waals surface area contributed by atoms with Gasteiger partial charge >= 0.3 is 11.7 Å². The monoisotopic (exact) mass is 560 g/mol. The Balaban J connectivity index is 2.09. The molecule has 1 atom stereocenters. The SMILES string of the molecule is CCCc1nc2ccc(Br)cc2c(=O)n1N=Cc1cc(OC)c(O[C@@H](C)C(=O)OCC)c([N+](=O)[O-])c1. The molecule has 0 bridgehead atoms. The van der Waals surface area contributed by atoms with Gasteiger partial charge in [0.1, 0.15) is 5.82 Å². The molecule has 0 amide bonds. The van der Waals surface area contributed by atoms with Crippen molar-refractivity contribution in [3.63, 3.8) is 0 Å². The number of aromatic nitrogens is 2. The van der Waals surface area contributed by atoms with Crippen LogP contribution in [0, 0.1) is 10.1 Å². The van der Waals surface area contributed by atoms with Crippen molar-refractivity contribution in [2.75, 3.05) is 13.7 Å². The van der Waals surface area contributed by atoms with Crippen LogP contribution in [0.25, 0.3) is 10.9 Å². The van der Waals surface area contributed by atoms with Gasteiger partial charge in [0.15, 0.2) is 11.9 Å². The van der Waals surface area contributed by atoms with Crippen molar-refractivity contribution in [1.29, 1.82) is 0 Å². The number of fused-ring (bicyclic) bond motifs is 1. The fourth-order valence-electron chi connectivity index (χ4n) is 3.40. The van der Waals surface area contributed by atoms with Gasteiger partial charge in [-0.15, -0.1) is 0 Å². The maximum Gasteiger partial charge on any atom is 0.347 e. The highest BCUT2D eigenvalue weighted by Crippen LogP contribution is 2.38. The molecule has 0 saturated carbocycles. The topological polar surface area (TPSA) is 135 Å². The first-order chi connectivity index (χ1) is 17.2. The Morgan fingerprint density at radius 1 is 1.31 bits per heavy atom. The van der Waals surface area contributed by atoms with Gasteiger partial charge in [-0.05, 0) is 44.5 Å². The minimum absolute atomic E-state index is 0.0171. The first-order valence-corrected chi connectivity index (χ1v) is 11.9. The van der Waals surface area contributed by atoms with Crippen LogP contribution in [0.15, 0.2) is 44.7 Å². The molecule has 3 aromatic rings. The van der Waals surface area contributed by atoms with E-state index in [1.165, 1.54) is 37.1 Å². The van der Waals surface area contributed by atoms with Gasteiger partial charge in [0.25, 0.3) is 5.56 Å². The maximum atomic E-state index is 13.2. The summed E-state index contributed by atoms with van der Waals surface area (Å²) in [5, 5.41) is 16.5. The standard InChI is InChI=1S/C24H25BrN4O7/c1-5-7-21-27-18-9-8-16(25)12-17(18)23(30)28(21)26-13-15-10-19(29(32)33)22(20(11-15)34-4)36-14(3)24(31)35-6-2/h8-14H,5-7H2,1-4H3/t14-/m0/s1. The highest BCUT2D eigenvalue weighted by molar-refractivity contribution is 9.10.